The van der Waals surface area contributed by atoms with Gasteiger partial charge in [-0.25, -0.2) is 14.1 Å². The number of amidine groups is 1. The van der Waals surface area contributed by atoms with E-state index in [1.165, 1.54) is 11.0 Å². The minimum Gasteiger partial charge on any atom is -0.443 e. The van der Waals surface area contributed by atoms with Gasteiger partial charge in [-0.2, -0.15) is 0 Å². The van der Waals surface area contributed by atoms with E-state index in [4.69, 9.17) is 19.2 Å². The van der Waals surface area contributed by atoms with Crippen LogP contribution in [0.1, 0.15) is 47.1 Å². The maximum atomic E-state index is 14.7. The molecule has 174 valence electrons. The van der Waals surface area contributed by atoms with E-state index in [1.54, 1.807) is 51.8 Å². The molecule has 1 aromatic rings. The summed E-state index contributed by atoms with van der Waals surface area (Å²) in [5, 5.41) is 0. The van der Waals surface area contributed by atoms with Gasteiger partial charge >= 0.3 is 6.09 Å². The molecule has 0 radical (unpaired) electrons. The number of hydrogen-bond acceptors (Lipinski definition) is 6. The smallest absolute Gasteiger partial charge is 0.417 e. The van der Waals surface area contributed by atoms with E-state index >= 15 is 0 Å². The Bertz CT molecular complexity index is 828. The number of rotatable bonds is 6. The van der Waals surface area contributed by atoms with Crippen LogP contribution < -0.4 is 0 Å². The summed E-state index contributed by atoms with van der Waals surface area (Å²) >= 11 is 5.03. The molecule has 0 fully saturated rings. The summed E-state index contributed by atoms with van der Waals surface area (Å²) in [6.45, 7) is 11.9. The summed E-state index contributed by atoms with van der Waals surface area (Å²) in [5.41, 5.74) is -1.09. The molecule has 0 spiro atoms. The largest absolute Gasteiger partial charge is 0.443 e. The average Bonchev–Trinajstić information content (AvgIpc) is 2.65. The van der Waals surface area contributed by atoms with E-state index in [0.29, 0.717) is 30.4 Å². The van der Waals surface area contributed by atoms with Crippen LogP contribution >= 0.6 is 27.7 Å². The van der Waals surface area contributed by atoms with Gasteiger partial charge < -0.3 is 14.2 Å². The second-order valence-corrected chi connectivity index (χ2v) is 11.6. The van der Waals surface area contributed by atoms with Gasteiger partial charge in [0, 0.05) is 22.9 Å². The number of carbonyl (C=O) groups excluding carboxylic acids is 1. The van der Waals surface area contributed by atoms with Crippen LogP contribution in [-0.4, -0.2) is 60.0 Å². The number of methoxy groups -OCH3 is 1. The lowest BCUT2D eigenvalue weighted by molar-refractivity contribution is -0.00302. The molecule has 1 amide bonds. The number of amides is 1. The highest BCUT2D eigenvalue weighted by atomic mass is 79.9. The fraction of sp³-hybridized carbons (Fsp3) is 0.636. The number of aliphatic imine (C=N–C) groups is 1. The molecule has 1 atom stereocenters. The van der Waals surface area contributed by atoms with Gasteiger partial charge in [-0.3, -0.25) is 4.99 Å². The molecule has 0 unspecified atom stereocenters. The van der Waals surface area contributed by atoms with Crippen molar-refractivity contribution in [1.29, 1.82) is 0 Å². The van der Waals surface area contributed by atoms with Crippen molar-refractivity contribution in [3.05, 3.63) is 34.1 Å². The van der Waals surface area contributed by atoms with Crippen LogP contribution in [0.15, 0.2) is 27.7 Å². The zero-order chi connectivity index (χ0) is 23.4. The van der Waals surface area contributed by atoms with E-state index < -0.39 is 22.0 Å². The van der Waals surface area contributed by atoms with E-state index in [1.807, 2.05) is 20.8 Å². The van der Waals surface area contributed by atoms with Crippen LogP contribution in [-0.2, 0) is 19.7 Å². The minimum absolute atomic E-state index is 0.0435. The van der Waals surface area contributed by atoms with Gasteiger partial charge in [0.1, 0.15) is 24.0 Å². The monoisotopic (exact) mass is 518 g/mol. The Balaban J connectivity index is 2.50. The Morgan fingerprint density at radius 2 is 1.97 bits per heavy atom. The molecule has 0 bridgehead atoms. The van der Waals surface area contributed by atoms with Crippen LogP contribution in [0.5, 0.6) is 0 Å². The average molecular weight is 519 g/mol. The Kier molecular flexibility index (Phi) is 8.58. The SMILES string of the molecule is COCCOCN(C(=O)OC(C)(C)C)C1=N[C@](C)(c2cc(Br)ccc2F)CSC1(C)C. The van der Waals surface area contributed by atoms with Gasteiger partial charge in [0.25, 0.3) is 0 Å². The fourth-order valence-corrected chi connectivity index (χ4v) is 4.54. The van der Waals surface area contributed by atoms with Crippen LogP contribution in [0.3, 0.4) is 0 Å². The summed E-state index contributed by atoms with van der Waals surface area (Å²) in [4.78, 5) is 19.4. The van der Waals surface area contributed by atoms with Crippen molar-refractivity contribution in [3.8, 4) is 0 Å². The highest BCUT2D eigenvalue weighted by Gasteiger charge is 2.44. The standard InChI is InChI=1S/C22H32BrFN2O4S/c1-20(2,3)30-19(27)26(14-29-11-10-28-7)18-21(4,5)31-13-22(6,25-18)16-12-15(23)8-9-17(16)24/h8-9,12H,10-11,13-14H2,1-7H3/t22-/m0/s1. The van der Waals surface area contributed by atoms with Crippen molar-refractivity contribution in [3.63, 3.8) is 0 Å². The quantitative estimate of drug-likeness (QED) is 0.363. The summed E-state index contributed by atoms with van der Waals surface area (Å²) in [7, 11) is 1.58. The Morgan fingerprint density at radius 1 is 1.29 bits per heavy atom. The van der Waals surface area contributed by atoms with E-state index in [-0.39, 0.29) is 12.5 Å². The van der Waals surface area contributed by atoms with Gasteiger partial charge in [0.2, 0.25) is 0 Å². The van der Waals surface area contributed by atoms with Crippen molar-refractivity contribution in [2.75, 3.05) is 32.8 Å². The third-order valence-electron chi connectivity index (χ3n) is 4.64. The second kappa shape index (κ2) is 10.2. The molecule has 0 aromatic heterocycles. The van der Waals surface area contributed by atoms with Gasteiger partial charge in [-0.15, -0.1) is 11.8 Å². The predicted octanol–water partition coefficient (Wildman–Crippen LogP) is 5.58. The molecule has 2 rings (SSSR count). The van der Waals surface area contributed by atoms with Crippen molar-refractivity contribution in [1.82, 2.24) is 4.90 Å². The molecule has 0 N–H and O–H groups in total. The van der Waals surface area contributed by atoms with Crippen molar-refractivity contribution in [2.24, 2.45) is 4.99 Å². The van der Waals surface area contributed by atoms with Crippen LogP contribution in [0.2, 0.25) is 0 Å². The maximum Gasteiger partial charge on any atom is 0.417 e. The molecule has 0 saturated carbocycles. The van der Waals surface area contributed by atoms with E-state index in [9.17, 15) is 9.18 Å². The fourth-order valence-electron chi connectivity index (χ4n) is 3.04. The third kappa shape index (κ3) is 6.91. The van der Waals surface area contributed by atoms with E-state index in [2.05, 4.69) is 15.9 Å². The third-order valence-corrected chi connectivity index (χ3v) is 6.74. The molecular formula is C22H32BrFN2O4S. The summed E-state index contributed by atoms with van der Waals surface area (Å²) < 4.78 is 31.3. The molecule has 6 nitrogen and oxygen atoms in total. The predicted molar refractivity (Wildman–Crippen MR) is 126 cm³/mol. The number of ether oxygens (including phenoxy) is 3. The zero-order valence-corrected chi connectivity index (χ0v) is 21.7. The molecular weight excluding hydrogens is 487 g/mol. The Labute approximate surface area is 197 Å². The Morgan fingerprint density at radius 3 is 2.58 bits per heavy atom. The molecule has 1 aliphatic heterocycles. The van der Waals surface area contributed by atoms with Crippen molar-refractivity contribution < 1.29 is 23.4 Å². The van der Waals surface area contributed by atoms with Crippen LogP contribution in [0, 0.1) is 5.82 Å². The summed E-state index contributed by atoms with van der Waals surface area (Å²) in [6.07, 6.45) is -0.559. The van der Waals surface area contributed by atoms with Crippen molar-refractivity contribution >= 4 is 39.6 Å². The summed E-state index contributed by atoms with van der Waals surface area (Å²) in [6, 6.07) is 4.81. The normalized spacial score (nSPS) is 20.9. The number of nitrogens with zero attached hydrogens (tertiary/aromatic N) is 2. The Hall–Kier alpha value is -1.16. The van der Waals surface area contributed by atoms with Crippen LogP contribution in [0.25, 0.3) is 0 Å². The number of halogens is 2. The lowest BCUT2D eigenvalue weighted by Crippen LogP contribution is -2.53. The first-order chi connectivity index (χ1) is 14.3. The maximum absolute atomic E-state index is 14.7. The molecule has 0 aliphatic carbocycles. The van der Waals surface area contributed by atoms with E-state index in [0.717, 1.165) is 4.47 Å². The number of hydrogen-bond donors (Lipinski definition) is 0. The topological polar surface area (TPSA) is 60.4 Å². The highest BCUT2D eigenvalue weighted by Crippen LogP contribution is 2.43. The molecule has 9 heteroatoms. The first-order valence-electron chi connectivity index (χ1n) is 10.1. The lowest BCUT2D eigenvalue weighted by atomic mass is 9.93. The van der Waals surface area contributed by atoms with Crippen molar-refractivity contribution in [2.45, 2.75) is 57.4 Å². The molecule has 0 saturated heterocycles. The highest BCUT2D eigenvalue weighted by molar-refractivity contribution is 9.10. The molecule has 1 aromatic carbocycles. The van der Waals surface area contributed by atoms with Gasteiger partial charge in [0.05, 0.1) is 23.5 Å². The zero-order valence-electron chi connectivity index (χ0n) is 19.3. The molecule has 1 aliphatic rings. The lowest BCUT2D eigenvalue weighted by Gasteiger charge is -2.42. The van der Waals surface area contributed by atoms with Gasteiger partial charge in [-0.1, -0.05) is 15.9 Å². The van der Waals surface area contributed by atoms with Gasteiger partial charge in [-0.05, 0) is 59.7 Å². The first-order valence-corrected chi connectivity index (χ1v) is 11.8. The van der Waals surface area contributed by atoms with Gasteiger partial charge in [0.15, 0.2) is 0 Å². The minimum atomic E-state index is -0.865. The second-order valence-electron chi connectivity index (χ2n) is 9.07. The number of benzene rings is 1. The molecule has 1 heterocycles. The molecule has 31 heavy (non-hydrogen) atoms. The number of thioether (sulfide) groups is 1. The summed E-state index contributed by atoms with van der Waals surface area (Å²) in [5.74, 6) is 0.704. The first kappa shape index (κ1) is 26.1. The van der Waals surface area contributed by atoms with Crippen LogP contribution in [0.4, 0.5) is 9.18 Å². The number of carbonyl (C=O) groups is 1.